The molecule has 2 aromatic heterocycles. The molecule has 1 amide bonds. The van der Waals surface area contributed by atoms with Crippen LogP contribution in [-0.2, 0) is 0 Å². The number of nitrogens with zero attached hydrogens (tertiary/aromatic N) is 3. The summed E-state index contributed by atoms with van der Waals surface area (Å²) < 4.78 is 21.9. The van der Waals surface area contributed by atoms with Crippen molar-refractivity contribution in [2.24, 2.45) is 5.73 Å². The van der Waals surface area contributed by atoms with Crippen LogP contribution in [0.15, 0.2) is 55.3 Å². The SMILES string of the molecule is C=CCOc1cc(-c2nc(OC)c(Oc3ccccc3OC)c(C(N)=O)n2)ccn1. The van der Waals surface area contributed by atoms with Crippen molar-refractivity contribution in [1.29, 1.82) is 0 Å². The van der Waals surface area contributed by atoms with Crippen LogP contribution < -0.4 is 24.7 Å². The fraction of sp³-hybridized carbons (Fsp3) is 0.143. The molecule has 9 heteroatoms. The van der Waals surface area contributed by atoms with E-state index in [0.717, 1.165) is 0 Å². The van der Waals surface area contributed by atoms with Crippen molar-refractivity contribution >= 4 is 5.91 Å². The van der Waals surface area contributed by atoms with E-state index in [4.69, 9.17) is 24.7 Å². The highest BCUT2D eigenvalue weighted by atomic mass is 16.5. The lowest BCUT2D eigenvalue weighted by atomic mass is 10.2. The number of aromatic nitrogens is 3. The lowest BCUT2D eigenvalue weighted by molar-refractivity contribution is 0.0992. The van der Waals surface area contributed by atoms with Crippen LogP contribution in [0.4, 0.5) is 0 Å². The van der Waals surface area contributed by atoms with Crippen molar-refractivity contribution in [2.75, 3.05) is 20.8 Å². The summed E-state index contributed by atoms with van der Waals surface area (Å²) in [5, 5.41) is 0. The standard InChI is InChI=1S/C21H20N4O5/c1-4-11-29-16-12-13(9-10-23-16)20-24-17(19(22)26)18(21(25-20)28-3)30-15-8-6-5-7-14(15)27-2/h4-10,12H,1,11H2,2-3H3,(H2,22,26). The number of pyridine rings is 1. The quantitative estimate of drug-likeness (QED) is 0.537. The first-order valence-electron chi connectivity index (χ1n) is 8.84. The van der Waals surface area contributed by atoms with Crippen LogP contribution in [-0.4, -0.2) is 41.7 Å². The Morgan fingerprint density at radius 1 is 1.13 bits per heavy atom. The van der Waals surface area contributed by atoms with Gasteiger partial charge in [0.15, 0.2) is 23.0 Å². The molecule has 0 fully saturated rings. The van der Waals surface area contributed by atoms with Crippen molar-refractivity contribution in [3.05, 3.63) is 60.9 Å². The Morgan fingerprint density at radius 3 is 2.57 bits per heavy atom. The molecule has 0 unspecified atom stereocenters. The summed E-state index contributed by atoms with van der Waals surface area (Å²) in [5.41, 5.74) is 5.97. The number of amides is 1. The molecule has 0 aliphatic rings. The van der Waals surface area contributed by atoms with Gasteiger partial charge in [-0.15, -0.1) is 0 Å². The van der Waals surface area contributed by atoms with E-state index in [2.05, 4.69) is 21.5 Å². The number of carbonyl (C=O) groups excluding carboxylic acids is 1. The summed E-state index contributed by atoms with van der Waals surface area (Å²) in [7, 11) is 2.90. The van der Waals surface area contributed by atoms with Crippen LogP contribution in [0.25, 0.3) is 11.4 Å². The van der Waals surface area contributed by atoms with Gasteiger partial charge in [-0.1, -0.05) is 24.8 Å². The minimum atomic E-state index is -0.806. The summed E-state index contributed by atoms with van der Waals surface area (Å²) in [6.07, 6.45) is 3.13. The number of para-hydroxylation sites is 2. The Hall–Kier alpha value is -4.14. The Labute approximate surface area is 173 Å². The van der Waals surface area contributed by atoms with Gasteiger partial charge in [0.05, 0.1) is 14.2 Å². The number of hydrogen-bond acceptors (Lipinski definition) is 8. The van der Waals surface area contributed by atoms with Gasteiger partial charge in [0.25, 0.3) is 11.8 Å². The number of nitrogens with two attached hydrogens (primary N) is 1. The molecular weight excluding hydrogens is 388 g/mol. The Kier molecular flexibility index (Phi) is 6.43. The maximum Gasteiger partial charge on any atom is 0.271 e. The van der Waals surface area contributed by atoms with Gasteiger partial charge in [0, 0.05) is 17.8 Å². The predicted octanol–water partition coefficient (Wildman–Crippen LogP) is 3.01. The van der Waals surface area contributed by atoms with Gasteiger partial charge < -0.3 is 24.7 Å². The minimum absolute atomic E-state index is 0.0181. The molecule has 0 radical (unpaired) electrons. The number of hydrogen-bond donors (Lipinski definition) is 1. The predicted molar refractivity (Wildman–Crippen MR) is 109 cm³/mol. The van der Waals surface area contributed by atoms with Crippen LogP contribution in [0, 0.1) is 0 Å². The van der Waals surface area contributed by atoms with Crippen LogP contribution in [0.5, 0.6) is 29.0 Å². The molecule has 0 aliphatic carbocycles. The highest BCUT2D eigenvalue weighted by Gasteiger charge is 2.23. The molecule has 3 rings (SSSR count). The van der Waals surface area contributed by atoms with Gasteiger partial charge in [0.1, 0.15) is 6.61 Å². The van der Waals surface area contributed by atoms with Crippen LogP contribution in [0.2, 0.25) is 0 Å². The molecule has 0 saturated carbocycles. The fourth-order valence-electron chi connectivity index (χ4n) is 2.54. The smallest absolute Gasteiger partial charge is 0.271 e. The highest BCUT2D eigenvalue weighted by molar-refractivity contribution is 5.95. The third-order valence-corrected chi connectivity index (χ3v) is 3.88. The molecule has 1 aromatic carbocycles. The first-order valence-corrected chi connectivity index (χ1v) is 8.84. The van der Waals surface area contributed by atoms with E-state index in [9.17, 15) is 4.79 Å². The highest BCUT2D eigenvalue weighted by Crippen LogP contribution is 2.38. The van der Waals surface area contributed by atoms with Gasteiger partial charge in [-0.05, 0) is 18.2 Å². The minimum Gasteiger partial charge on any atom is -0.493 e. The zero-order valence-corrected chi connectivity index (χ0v) is 16.5. The normalized spacial score (nSPS) is 10.2. The second kappa shape index (κ2) is 9.37. The number of rotatable bonds is 9. The summed E-state index contributed by atoms with van der Waals surface area (Å²) >= 11 is 0. The van der Waals surface area contributed by atoms with Gasteiger partial charge in [0.2, 0.25) is 11.6 Å². The van der Waals surface area contributed by atoms with Gasteiger partial charge >= 0.3 is 0 Å². The number of carbonyl (C=O) groups is 1. The van der Waals surface area contributed by atoms with Crippen LogP contribution in [0.3, 0.4) is 0 Å². The third kappa shape index (κ3) is 4.46. The molecule has 0 spiro atoms. The molecule has 30 heavy (non-hydrogen) atoms. The zero-order valence-electron chi connectivity index (χ0n) is 16.5. The van der Waals surface area contributed by atoms with Crippen LogP contribution in [0.1, 0.15) is 10.5 Å². The van der Waals surface area contributed by atoms with E-state index < -0.39 is 5.91 Å². The van der Waals surface area contributed by atoms with Gasteiger partial charge in [-0.2, -0.15) is 4.98 Å². The van der Waals surface area contributed by atoms with E-state index in [-0.39, 0.29) is 23.1 Å². The second-order valence-electron chi connectivity index (χ2n) is 5.83. The lowest BCUT2D eigenvalue weighted by Crippen LogP contribution is -2.16. The Morgan fingerprint density at radius 2 is 1.90 bits per heavy atom. The fourth-order valence-corrected chi connectivity index (χ4v) is 2.54. The summed E-state index contributed by atoms with van der Waals surface area (Å²) in [4.78, 5) is 24.9. The van der Waals surface area contributed by atoms with Gasteiger partial charge in [-0.25, -0.2) is 9.97 Å². The summed E-state index contributed by atoms with van der Waals surface area (Å²) in [5.74, 6) is 0.557. The number of primary amides is 1. The van der Waals surface area contributed by atoms with E-state index in [1.165, 1.54) is 20.4 Å². The molecule has 154 valence electrons. The van der Waals surface area contributed by atoms with Crippen molar-refractivity contribution < 1.29 is 23.7 Å². The number of ether oxygens (including phenoxy) is 4. The van der Waals surface area contributed by atoms with Gasteiger partial charge in [-0.3, -0.25) is 4.79 Å². The van der Waals surface area contributed by atoms with Crippen molar-refractivity contribution in [1.82, 2.24) is 15.0 Å². The molecule has 0 saturated heterocycles. The lowest BCUT2D eigenvalue weighted by Gasteiger charge is -2.15. The maximum absolute atomic E-state index is 12.1. The van der Waals surface area contributed by atoms with E-state index in [1.807, 2.05) is 0 Å². The largest absolute Gasteiger partial charge is 0.493 e. The topological polar surface area (TPSA) is 119 Å². The maximum atomic E-state index is 12.1. The zero-order chi connectivity index (χ0) is 21.5. The second-order valence-corrected chi connectivity index (χ2v) is 5.83. The monoisotopic (exact) mass is 408 g/mol. The molecular formula is C21H20N4O5. The van der Waals surface area contributed by atoms with Crippen molar-refractivity contribution in [3.8, 4) is 40.4 Å². The molecule has 2 heterocycles. The van der Waals surface area contributed by atoms with Crippen molar-refractivity contribution in [2.45, 2.75) is 0 Å². The summed E-state index contributed by atoms with van der Waals surface area (Å²) in [6, 6.07) is 10.2. The first-order chi connectivity index (χ1) is 14.6. The Balaban J connectivity index is 2.08. The third-order valence-electron chi connectivity index (χ3n) is 3.88. The summed E-state index contributed by atoms with van der Waals surface area (Å²) in [6.45, 7) is 3.89. The molecule has 3 aromatic rings. The van der Waals surface area contributed by atoms with E-state index >= 15 is 0 Å². The molecule has 0 atom stereocenters. The van der Waals surface area contributed by atoms with Crippen LogP contribution >= 0.6 is 0 Å². The molecule has 2 N–H and O–H groups in total. The van der Waals surface area contributed by atoms with E-state index in [1.54, 1.807) is 42.5 Å². The Bertz CT molecular complexity index is 1070. The molecule has 0 bridgehead atoms. The number of benzene rings is 1. The first kappa shape index (κ1) is 20.6. The van der Waals surface area contributed by atoms with Crippen molar-refractivity contribution in [3.63, 3.8) is 0 Å². The average molecular weight is 408 g/mol. The molecule has 9 nitrogen and oxygen atoms in total. The molecule has 0 aliphatic heterocycles. The van der Waals surface area contributed by atoms with E-state index in [0.29, 0.717) is 29.5 Å². The number of methoxy groups -OCH3 is 2. The average Bonchev–Trinajstić information content (AvgIpc) is 2.78.